The van der Waals surface area contributed by atoms with Crippen molar-refractivity contribution in [1.29, 1.82) is 0 Å². The average molecular weight is 259 g/mol. The van der Waals surface area contributed by atoms with Gasteiger partial charge in [0.15, 0.2) is 0 Å². The van der Waals surface area contributed by atoms with Crippen molar-refractivity contribution >= 4 is 5.78 Å². The summed E-state index contributed by atoms with van der Waals surface area (Å²) in [6.07, 6.45) is 1.01. The summed E-state index contributed by atoms with van der Waals surface area (Å²) in [7, 11) is 0. The Balaban J connectivity index is 1.63. The third-order valence-corrected chi connectivity index (χ3v) is 4.30. The molecule has 1 saturated heterocycles. The van der Waals surface area contributed by atoms with Gasteiger partial charge in [-0.15, -0.1) is 0 Å². The number of ketones is 1. The molecular weight excluding hydrogens is 238 g/mol. The standard InChI is InChI=1S/C16H21NO2/c1-2-17-15-10-19-9-14(15)16(18)13-8-12(13)11-6-4-3-5-7-11/h3-7,12-15,17H,2,8-10H2,1H3. The van der Waals surface area contributed by atoms with Gasteiger partial charge in [-0.2, -0.15) is 0 Å². The average Bonchev–Trinajstić information content (AvgIpc) is 3.12. The number of nitrogens with one attached hydrogen (secondary N) is 1. The minimum absolute atomic E-state index is 0.0543. The van der Waals surface area contributed by atoms with Gasteiger partial charge in [-0.25, -0.2) is 0 Å². The lowest BCUT2D eigenvalue weighted by Crippen LogP contribution is -2.39. The number of carbonyl (C=O) groups is 1. The number of ether oxygens (including phenoxy) is 1. The summed E-state index contributed by atoms with van der Waals surface area (Å²) < 4.78 is 5.48. The van der Waals surface area contributed by atoms with Crippen LogP contribution in [-0.4, -0.2) is 31.6 Å². The first-order valence-corrected chi connectivity index (χ1v) is 7.21. The van der Waals surface area contributed by atoms with Crippen LogP contribution in [0.15, 0.2) is 30.3 Å². The van der Waals surface area contributed by atoms with Crippen molar-refractivity contribution in [2.24, 2.45) is 11.8 Å². The summed E-state index contributed by atoms with van der Waals surface area (Å²) >= 11 is 0. The van der Waals surface area contributed by atoms with Crippen LogP contribution in [0.4, 0.5) is 0 Å². The van der Waals surface area contributed by atoms with Gasteiger partial charge in [-0.1, -0.05) is 37.3 Å². The molecule has 0 spiro atoms. The zero-order valence-electron chi connectivity index (χ0n) is 11.3. The van der Waals surface area contributed by atoms with E-state index in [0.717, 1.165) is 13.0 Å². The van der Waals surface area contributed by atoms with E-state index in [-0.39, 0.29) is 17.9 Å². The lowest BCUT2D eigenvalue weighted by Gasteiger charge is -2.17. The summed E-state index contributed by atoms with van der Waals surface area (Å²) in [5.41, 5.74) is 1.31. The van der Waals surface area contributed by atoms with Gasteiger partial charge in [0.25, 0.3) is 0 Å². The molecule has 1 saturated carbocycles. The smallest absolute Gasteiger partial charge is 0.143 e. The molecular formula is C16H21NO2. The molecule has 1 aliphatic heterocycles. The number of hydrogen-bond donors (Lipinski definition) is 1. The fourth-order valence-electron chi connectivity index (χ4n) is 3.15. The highest BCUT2D eigenvalue weighted by Crippen LogP contribution is 2.49. The molecule has 1 aromatic carbocycles. The van der Waals surface area contributed by atoms with E-state index in [2.05, 4.69) is 36.5 Å². The van der Waals surface area contributed by atoms with Crippen molar-refractivity contribution in [3.63, 3.8) is 0 Å². The first-order valence-electron chi connectivity index (χ1n) is 7.21. The maximum absolute atomic E-state index is 12.6. The van der Waals surface area contributed by atoms with Gasteiger partial charge in [-0.3, -0.25) is 4.79 Å². The summed E-state index contributed by atoms with van der Waals surface area (Å²) in [4.78, 5) is 12.6. The van der Waals surface area contributed by atoms with Gasteiger partial charge < -0.3 is 10.1 Å². The van der Waals surface area contributed by atoms with Crippen LogP contribution in [0, 0.1) is 11.8 Å². The third-order valence-electron chi connectivity index (χ3n) is 4.30. The van der Waals surface area contributed by atoms with E-state index in [4.69, 9.17) is 4.74 Å². The largest absolute Gasteiger partial charge is 0.379 e. The Morgan fingerprint density at radius 1 is 1.26 bits per heavy atom. The molecule has 2 fully saturated rings. The van der Waals surface area contributed by atoms with Crippen LogP contribution >= 0.6 is 0 Å². The van der Waals surface area contributed by atoms with Gasteiger partial charge in [0.2, 0.25) is 0 Å². The van der Waals surface area contributed by atoms with E-state index in [9.17, 15) is 4.79 Å². The molecule has 4 unspecified atom stereocenters. The van der Waals surface area contributed by atoms with E-state index in [1.807, 2.05) is 6.07 Å². The Labute approximate surface area is 114 Å². The van der Waals surface area contributed by atoms with Crippen molar-refractivity contribution in [3.05, 3.63) is 35.9 Å². The fourth-order valence-corrected chi connectivity index (χ4v) is 3.15. The highest BCUT2D eigenvalue weighted by Gasteiger charge is 2.48. The number of Topliss-reactive ketones (excluding diaryl/α,β-unsaturated/α-hetero) is 1. The van der Waals surface area contributed by atoms with Gasteiger partial charge in [-0.05, 0) is 24.4 Å². The monoisotopic (exact) mass is 259 g/mol. The quantitative estimate of drug-likeness (QED) is 0.878. The molecule has 0 amide bonds. The molecule has 2 aliphatic rings. The molecule has 4 atom stereocenters. The highest BCUT2D eigenvalue weighted by molar-refractivity contribution is 5.88. The Morgan fingerprint density at radius 2 is 2.05 bits per heavy atom. The van der Waals surface area contributed by atoms with E-state index >= 15 is 0 Å². The summed E-state index contributed by atoms with van der Waals surface area (Å²) in [5, 5.41) is 3.37. The minimum Gasteiger partial charge on any atom is -0.379 e. The summed E-state index contributed by atoms with van der Waals surface area (Å²) in [5.74, 6) is 1.11. The van der Waals surface area contributed by atoms with Crippen LogP contribution in [-0.2, 0) is 9.53 Å². The normalized spacial score (nSPS) is 33.3. The molecule has 1 N–H and O–H groups in total. The van der Waals surface area contributed by atoms with Crippen LogP contribution < -0.4 is 5.32 Å². The fraction of sp³-hybridized carbons (Fsp3) is 0.562. The summed E-state index contributed by atoms with van der Waals surface area (Å²) in [6.45, 7) is 4.23. The van der Waals surface area contributed by atoms with Gasteiger partial charge in [0.05, 0.1) is 19.1 Å². The molecule has 102 valence electrons. The lowest BCUT2D eigenvalue weighted by molar-refractivity contribution is -0.124. The van der Waals surface area contributed by atoms with Crippen molar-refractivity contribution in [3.8, 4) is 0 Å². The van der Waals surface area contributed by atoms with Crippen LogP contribution in [0.5, 0.6) is 0 Å². The minimum atomic E-state index is 0.0543. The topological polar surface area (TPSA) is 38.3 Å². The molecule has 0 bridgehead atoms. The zero-order valence-corrected chi connectivity index (χ0v) is 11.3. The first kappa shape index (κ1) is 12.8. The van der Waals surface area contributed by atoms with Crippen molar-refractivity contribution in [2.75, 3.05) is 19.8 Å². The predicted octanol–water partition coefficient (Wildman–Crippen LogP) is 1.98. The van der Waals surface area contributed by atoms with Gasteiger partial charge >= 0.3 is 0 Å². The van der Waals surface area contributed by atoms with E-state index < -0.39 is 0 Å². The molecule has 0 radical (unpaired) electrons. The Hall–Kier alpha value is -1.19. The second-order valence-corrected chi connectivity index (χ2v) is 5.57. The molecule has 1 aliphatic carbocycles. The van der Waals surface area contributed by atoms with Crippen molar-refractivity contribution in [2.45, 2.75) is 25.3 Å². The number of benzene rings is 1. The lowest BCUT2D eigenvalue weighted by atomic mass is 9.93. The second kappa shape index (κ2) is 5.43. The van der Waals surface area contributed by atoms with Crippen LogP contribution in [0.2, 0.25) is 0 Å². The van der Waals surface area contributed by atoms with Crippen LogP contribution in [0.3, 0.4) is 0 Å². The van der Waals surface area contributed by atoms with Crippen LogP contribution in [0.1, 0.15) is 24.8 Å². The highest BCUT2D eigenvalue weighted by atomic mass is 16.5. The molecule has 0 aromatic heterocycles. The predicted molar refractivity (Wildman–Crippen MR) is 74.1 cm³/mol. The zero-order chi connectivity index (χ0) is 13.2. The number of rotatable bonds is 5. The second-order valence-electron chi connectivity index (χ2n) is 5.57. The first-order chi connectivity index (χ1) is 9.31. The number of likely N-dealkylation sites (N-methyl/N-ethyl adjacent to an activating group) is 1. The Kier molecular flexibility index (Phi) is 3.67. The molecule has 1 aromatic rings. The SMILES string of the molecule is CCNC1COCC1C(=O)C1CC1c1ccccc1. The molecule has 19 heavy (non-hydrogen) atoms. The van der Waals surface area contributed by atoms with Crippen molar-refractivity contribution in [1.82, 2.24) is 5.32 Å². The van der Waals surface area contributed by atoms with E-state index in [0.29, 0.717) is 24.9 Å². The third kappa shape index (κ3) is 2.58. The maximum atomic E-state index is 12.6. The molecule has 1 heterocycles. The Morgan fingerprint density at radius 3 is 2.79 bits per heavy atom. The number of carbonyl (C=O) groups excluding carboxylic acids is 1. The maximum Gasteiger partial charge on any atom is 0.143 e. The molecule has 3 rings (SSSR count). The number of hydrogen-bond acceptors (Lipinski definition) is 3. The van der Waals surface area contributed by atoms with Crippen molar-refractivity contribution < 1.29 is 9.53 Å². The van der Waals surface area contributed by atoms with Gasteiger partial charge in [0, 0.05) is 12.0 Å². The molecule has 3 heteroatoms. The molecule has 3 nitrogen and oxygen atoms in total. The van der Waals surface area contributed by atoms with E-state index in [1.54, 1.807) is 0 Å². The van der Waals surface area contributed by atoms with E-state index in [1.165, 1.54) is 5.56 Å². The summed E-state index contributed by atoms with van der Waals surface area (Å²) in [6, 6.07) is 10.6. The Bertz CT molecular complexity index is 445. The van der Waals surface area contributed by atoms with Gasteiger partial charge in [0.1, 0.15) is 5.78 Å². The van der Waals surface area contributed by atoms with Crippen LogP contribution in [0.25, 0.3) is 0 Å².